The zero-order chi connectivity index (χ0) is 13.8. The second-order valence-electron chi connectivity index (χ2n) is 5.07. The van der Waals surface area contributed by atoms with Crippen LogP contribution in [0.1, 0.15) is 46.0 Å². The lowest BCUT2D eigenvalue weighted by Crippen LogP contribution is -2.36. The topological polar surface area (TPSA) is 60.4 Å². The van der Waals surface area contributed by atoms with E-state index in [4.69, 9.17) is 4.74 Å². The molecule has 3 unspecified atom stereocenters. The number of sulfone groups is 1. The number of carbonyl (C=O) groups is 1. The van der Waals surface area contributed by atoms with Gasteiger partial charge >= 0.3 is 0 Å². The summed E-state index contributed by atoms with van der Waals surface area (Å²) in [6, 6.07) is 0. The molecule has 0 saturated heterocycles. The Kier molecular flexibility index (Phi) is 5.79. The Bertz CT molecular complexity index is 374. The van der Waals surface area contributed by atoms with Crippen molar-refractivity contribution < 1.29 is 17.9 Å². The number of ether oxygens (including phenoxy) is 1. The van der Waals surface area contributed by atoms with Crippen LogP contribution in [-0.2, 0) is 19.4 Å². The summed E-state index contributed by atoms with van der Waals surface area (Å²) in [4.78, 5) is 12.3. The van der Waals surface area contributed by atoms with E-state index in [1.165, 1.54) is 6.26 Å². The Balaban J connectivity index is 2.68. The van der Waals surface area contributed by atoms with Gasteiger partial charge in [0, 0.05) is 18.8 Å². The molecular weight excluding hydrogens is 252 g/mol. The van der Waals surface area contributed by atoms with Crippen molar-refractivity contribution in [2.24, 2.45) is 5.92 Å². The fourth-order valence-electron chi connectivity index (χ4n) is 2.66. The Morgan fingerprint density at radius 3 is 2.50 bits per heavy atom. The minimum absolute atomic E-state index is 0.0905. The number of ketones is 1. The van der Waals surface area contributed by atoms with Gasteiger partial charge < -0.3 is 4.74 Å². The average molecular weight is 276 g/mol. The standard InChI is InChI=1S/C13H24O4S/c1-4-12(17-5-2)13(14)10-7-6-8-11(9-10)18(3,15)16/h10-12H,4-9H2,1-3H3. The lowest BCUT2D eigenvalue weighted by Gasteiger charge is -2.29. The molecule has 1 aliphatic carbocycles. The lowest BCUT2D eigenvalue weighted by molar-refractivity contribution is -0.135. The summed E-state index contributed by atoms with van der Waals surface area (Å²) >= 11 is 0. The van der Waals surface area contributed by atoms with E-state index in [1.54, 1.807) is 0 Å². The van der Waals surface area contributed by atoms with Crippen LogP contribution in [-0.4, -0.2) is 38.4 Å². The van der Waals surface area contributed by atoms with Crippen LogP contribution >= 0.6 is 0 Å². The predicted octanol–water partition coefficient (Wildman–Crippen LogP) is 1.97. The Morgan fingerprint density at radius 2 is 2.00 bits per heavy atom. The van der Waals surface area contributed by atoms with E-state index in [1.807, 2.05) is 13.8 Å². The van der Waals surface area contributed by atoms with Gasteiger partial charge in [0.15, 0.2) is 5.78 Å². The van der Waals surface area contributed by atoms with Crippen molar-refractivity contribution in [2.75, 3.05) is 12.9 Å². The molecule has 0 N–H and O–H groups in total. The van der Waals surface area contributed by atoms with Crippen LogP contribution in [0.5, 0.6) is 0 Å². The average Bonchev–Trinajstić information content (AvgIpc) is 2.34. The highest BCUT2D eigenvalue weighted by molar-refractivity contribution is 7.91. The number of carbonyl (C=O) groups excluding carboxylic acids is 1. The number of hydrogen-bond acceptors (Lipinski definition) is 4. The van der Waals surface area contributed by atoms with E-state index in [9.17, 15) is 13.2 Å². The summed E-state index contributed by atoms with van der Waals surface area (Å²) in [5, 5.41) is -0.348. The fourth-order valence-corrected chi connectivity index (χ4v) is 3.83. The van der Waals surface area contributed by atoms with Crippen molar-refractivity contribution >= 4 is 15.6 Å². The van der Waals surface area contributed by atoms with Gasteiger partial charge in [-0.15, -0.1) is 0 Å². The Labute approximate surface area is 110 Å². The molecule has 0 aromatic rings. The quantitative estimate of drug-likeness (QED) is 0.744. The zero-order valence-electron chi connectivity index (χ0n) is 11.5. The molecule has 1 saturated carbocycles. The van der Waals surface area contributed by atoms with Crippen molar-refractivity contribution in [3.63, 3.8) is 0 Å². The molecule has 1 rings (SSSR count). The van der Waals surface area contributed by atoms with Crippen LogP contribution in [0.25, 0.3) is 0 Å². The molecule has 0 aromatic carbocycles. The van der Waals surface area contributed by atoms with Gasteiger partial charge in [-0.05, 0) is 32.6 Å². The molecule has 0 bridgehead atoms. The van der Waals surface area contributed by atoms with Gasteiger partial charge in [-0.2, -0.15) is 0 Å². The molecule has 106 valence electrons. The molecule has 18 heavy (non-hydrogen) atoms. The van der Waals surface area contributed by atoms with Gasteiger partial charge in [0.1, 0.15) is 15.9 Å². The second kappa shape index (κ2) is 6.66. The fraction of sp³-hybridized carbons (Fsp3) is 0.923. The molecule has 0 aliphatic heterocycles. The van der Waals surface area contributed by atoms with E-state index < -0.39 is 9.84 Å². The third kappa shape index (κ3) is 4.05. The summed E-state index contributed by atoms with van der Waals surface area (Å²) in [5.41, 5.74) is 0. The van der Waals surface area contributed by atoms with E-state index in [0.717, 1.165) is 12.8 Å². The summed E-state index contributed by atoms with van der Waals surface area (Å²) < 4.78 is 28.6. The molecule has 0 spiro atoms. The minimum Gasteiger partial charge on any atom is -0.371 e. The first kappa shape index (κ1) is 15.6. The van der Waals surface area contributed by atoms with E-state index in [2.05, 4.69) is 0 Å². The first-order valence-electron chi connectivity index (χ1n) is 6.74. The maximum absolute atomic E-state index is 12.3. The van der Waals surface area contributed by atoms with E-state index >= 15 is 0 Å². The monoisotopic (exact) mass is 276 g/mol. The lowest BCUT2D eigenvalue weighted by atomic mass is 9.83. The van der Waals surface area contributed by atoms with Crippen LogP contribution in [0.2, 0.25) is 0 Å². The highest BCUT2D eigenvalue weighted by Crippen LogP contribution is 2.30. The number of Topliss-reactive ketones (excluding diaryl/α,β-unsaturated/α-hetero) is 1. The van der Waals surface area contributed by atoms with Gasteiger partial charge in [-0.3, -0.25) is 4.79 Å². The maximum atomic E-state index is 12.3. The van der Waals surface area contributed by atoms with Crippen molar-refractivity contribution in [3.05, 3.63) is 0 Å². The summed E-state index contributed by atoms with van der Waals surface area (Å²) in [6.45, 7) is 4.32. The predicted molar refractivity (Wildman–Crippen MR) is 71.3 cm³/mol. The summed E-state index contributed by atoms with van der Waals surface area (Å²) in [7, 11) is -3.03. The van der Waals surface area contributed by atoms with Crippen molar-refractivity contribution in [1.29, 1.82) is 0 Å². The SMILES string of the molecule is CCOC(CC)C(=O)C1CCCC(S(C)(=O)=O)C1. The Hall–Kier alpha value is -0.420. The highest BCUT2D eigenvalue weighted by Gasteiger charge is 2.34. The molecule has 1 fully saturated rings. The molecule has 1 aliphatic rings. The van der Waals surface area contributed by atoms with Gasteiger partial charge in [-0.1, -0.05) is 13.3 Å². The maximum Gasteiger partial charge on any atom is 0.164 e. The zero-order valence-corrected chi connectivity index (χ0v) is 12.3. The first-order valence-corrected chi connectivity index (χ1v) is 8.69. The minimum atomic E-state index is -3.03. The van der Waals surface area contributed by atoms with Crippen LogP contribution in [0.3, 0.4) is 0 Å². The molecule has 5 heteroatoms. The van der Waals surface area contributed by atoms with Crippen molar-refractivity contribution in [2.45, 2.75) is 57.3 Å². The third-order valence-corrected chi connectivity index (χ3v) is 5.33. The Morgan fingerprint density at radius 1 is 1.33 bits per heavy atom. The highest BCUT2D eigenvalue weighted by atomic mass is 32.2. The van der Waals surface area contributed by atoms with Crippen LogP contribution in [0.15, 0.2) is 0 Å². The smallest absolute Gasteiger partial charge is 0.164 e. The number of hydrogen-bond donors (Lipinski definition) is 0. The molecule has 0 amide bonds. The summed E-state index contributed by atoms with van der Waals surface area (Å²) in [5.74, 6) is -0.0531. The van der Waals surface area contributed by atoms with Crippen LogP contribution in [0, 0.1) is 5.92 Å². The van der Waals surface area contributed by atoms with Crippen molar-refractivity contribution in [3.8, 4) is 0 Å². The largest absolute Gasteiger partial charge is 0.371 e. The molecular formula is C13H24O4S. The van der Waals surface area contributed by atoms with E-state index in [-0.39, 0.29) is 23.1 Å². The van der Waals surface area contributed by atoms with Gasteiger partial charge in [0.25, 0.3) is 0 Å². The molecule has 3 atom stereocenters. The summed E-state index contributed by atoms with van der Waals surface area (Å²) in [6.07, 6.45) is 4.34. The van der Waals surface area contributed by atoms with Gasteiger partial charge in [0.05, 0.1) is 5.25 Å². The molecule has 0 radical (unpaired) electrons. The van der Waals surface area contributed by atoms with Crippen LogP contribution < -0.4 is 0 Å². The van der Waals surface area contributed by atoms with Gasteiger partial charge in [-0.25, -0.2) is 8.42 Å². The first-order chi connectivity index (χ1) is 8.40. The molecule has 0 heterocycles. The molecule has 4 nitrogen and oxygen atoms in total. The number of rotatable bonds is 6. The third-order valence-electron chi connectivity index (χ3n) is 3.69. The second-order valence-corrected chi connectivity index (χ2v) is 7.40. The van der Waals surface area contributed by atoms with Crippen molar-refractivity contribution in [1.82, 2.24) is 0 Å². The molecule has 0 aromatic heterocycles. The van der Waals surface area contributed by atoms with Crippen LogP contribution in [0.4, 0.5) is 0 Å². The normalized spacial score (nSPS) is 26.8. The van der Waals surface area contributed by atoms with Gasteiger partial charge in [0.2, 0.25) is 0 Å². The van der Waals surface area contributed by atoms with E-state index in [0.29, 0.717) is 25.9 Å².